The zero-order valence-electron chi connectivity index (χ0n) is 8.04. The molecule has 1 heterocycles. The van der Waals surface area contributed by atoms with Crippen LogP contribution in [0.4, 0.5) is 0 Å². The minimum absolute atomic E-state index is 0.797. The van der Waals surface area contributed by atoms with Crippen molar-refractivity contribution in [3.8, 4) is 5.75 Å². The minimum Gasteiger partial charge on any atom is -0.493 e. The number of nitrogens with zero attached hydrogens (tertiary/aromatic N) is 1. The van der Waals surface area contributed by atoms with Gasteiger partial charge in [0.1, 0.15) is 5.52 Å². The molecule has 0 bridgehead atoms. The van der Waals surface area contributed by atoms with Crippen molar-refractivity contribution in [3.05, 3.63) is 34.4 Å². The smallest absolute Gasteiger partial charge is 0.159 e. The Balaban J connectivity index is 2.90. The van der Waals surface area contributed by atoms with Crippen molar-refractivity contribution >= 4 is 26.8 Å². The summed E-state index contributed by atoms with van der Waals surface area (Å²) in [5.41, 5.74) is 2.10. The van der Waals surface area contributed by atoms with E-state index >= 15 is 0 Å². The van der Waals surface area contributed by atoms with Gasteiger partial charge < -0.3 is 4.74 Å². The number of aryl methyl sites for hydroxylation is 1. The molecule has 3 heteroatoms. The highest BCUT2D eigenvalue weighted by Gasteiger charge is 2.09. The lowest BCUT2D eigenvalue weighted by Crippen LogP contribution is -1.90. The summed E-state index contributed by atoms with van der Waals surface area (Å²) in [6, 6.07) is 6.03. The minimum atomic E-state index is 0.797. The normalized spacial score (nSPS) is 10.5. The lowest BCUT2D eigenvalue weighted by atomic mass is 10.1. The molecule has 0 atom stereocenters. The zero-order valence-corrected chi connectivity index (χ0v) is 9.63. The molecule has 2 aromatic rings. The summed E-state index contributed by atoms with van der Waals surface area (Å²) < 4.78 is 6.25. The van der Waals surface area contributed by atoms with E-state index in [1.54, 1.807) is 13.3 Å². The summed E-state index contributed by atoms with van der Waals surface area (Å²) in [6.45, 7) is 2.06. The monoisotopic (exact) mass is 251 g/mol. The van der Waals surface area contributed by atoms with Crippen LogP contribution in [0.5, 0.6) is 5.75 Å². The molecule has 1 aromatic heterocycles. The fraction of sp³-hybridized carbons (Fsp3) is 0.182. The molecule has 0 aliphatic heterocycles. The Morgan fingerprint density at radius 2 is 2.21 bits per heavy atom. The van der Waals surface area contributed by atoms with Gasteiger partial charge in [-0.2, -0.15) is 0 Å². The van der Waals surface area contributed by atoms with Crippen LogP contribution in [0.2, 0.25) is 0 Å². The second kappa shape index (κ2) is 3.58. The van der Waals surface area contributed by atoms with Gasteiger partial charge in [0, 0.05) is 11.6 Å². The number of ether oxygens (including phenoxy) is 1. The summed E-state index contributed by atoms with van der Waals surface area (Å²) >= 11 is 3.46. The fourth-order valence-electron chi connectivity index (χ4n) is 1.55. The van der Waals surface area contributed by atoms with Crippen LogP contribution in [0.1, 0.15) is 5.56 Å². The number of aromatic nitrogens is 1. The van der Waals surface area contributed by atoms with E-state index in [0.717, 1.165) is 21.1 Å². The average Bonchev–Trinajstić information content (AvgIpc) is 2.18. The predicted molar refractivity (Wildman–Crippen MR) is 60.7 cm³/mol. The third-order valence-corrected chi connectivity index (χ3v) is 2.80. The molecule has 0 radical (unpaired) electrons. The van der Waals surface area contributed by atoms with Gasteiger partial charge in [0.25, 0.3) is 0 Å². The number of pyridine rings is 1. The molecule has 0 fully saturated rings. The molecular formula is C11H10BrNO. The molecule has 0 spiro atoms. The first-order valence-electron chi connectivity index (χ1n) is 4.32. The molecule has 0 N–H and O–H groups in total. The van der Waals surface area contributed by atoms with Crippen LogP contribution in [0.25, 0.3) is 10.9 Å². The van der Waals surface area contributed by atoms with Crippen LogP contribution < -0.4 is 4.74 Å². The van der Waals surface area contributed by atoms with Crippen LogP contribution in [0, 0.1) is 6.92 Å². The largest absolute Gasteiger partial charge is 0.493 e. The molecular weight excluding hydrogens is 242 g/mol. The number of halogens is 1. The van der Waals surface area contributed by atoms with E-state index < -0.39 is 0 Å². The predicted octanol–water partition coefficient (Wildman–Crippen LogP) is 3.31. The highest BCUT2D eigenvalue weighted by atomic mass is 79.9. The van der Waals surface area contributed by atoms with Gasteiger partial charge in [-0.15, -0.1) is 0 Å². The van der Waals surface area contributed by atoms with E-state index in [2.05, 4.69) is 27.8 Å². The van der Waals surface area contributed by atoms with Crippen LogP contribution >= 0.6 is 15.9 Å². The third-order valence-electron chi connectivity index (χ3n) is 2.21. The van der Waals surface area contributed by atoms with Gasteiger partial charge in [0.15, 0.2) is 5.75 Å². The van der Waals surface area contributed by atoms with Gasteiger partial charge in [-0.3, -0.25) is 4.98 Å². The molecule has 2 rings (SSSR count). The molecule has 14 heavy (non-hydrogen) atoms. The Hall–Kier alpha value is -1.09. The van der Waals surface area contributed by atoms with Crippen LogP contribution in [-0.4, -0.2) is 12.1 Å². The van der Waals surface area contributed by atoms with Crippen LogP contribution in [0.15, 0.2) is 28.9 Å². The van der Waals surface area contributed by atoms with Gasteiger partial charge >= 0.3 is 0 Å². The number of benzene rings is 1. The van der Waals surface area contributed by atoms with Gasteiger partial charge in [0.2, 0.25) is 0 Å². The number of hydrogen-bond donors (Lipinski definition) is 0. The van der Waals surface area contributed by atoms with E-state index in [0.29, 0.717) is 0 Å². The highest BCUT2D eigenvalue weighted by molar-refractivity contribution is 9.10. The molecule has 72 valence electrons. The van der Waals surface area contributed by atoms with Crippen molar-refractivity contribution in [1.82, 2.24) is 4.98 Å². The number of methoxy groups -OCH3 is 1. The Labute approximate surface area is 91.0 Å². The maximum absolute atomic E-state index is 5.30. The Morgan fingerprint density at radius 3 is 2.93 bits per heavy atom. The zero-order chi connectivity index (χ0) is 10.1. The van der Waals surface area contributed by atoms with Crippen molar-refractivity contribution in [2.75, 3.05) is 7.11 Å². The Morgan fingerprint density at radius 1 is 1.43 bits per heavy atom. The second-order valence-electron chi connectivity index (χ2n) is 3.11. The van der Waals surface area contributed by atoms with E-state index in [9.17, 15) is 0 Å². The number of hydrogen-bond acceptors (Lipinski definition) is 2. The quantitative estimate of drug-likeness (QED) is 0.776. The van der Waals surface area contributed by atoms with E-state index in [1.165, 1.54) is 5.56 Å². The van der Waals surface area contributed by atoms with Crippen molar-refractivity contribution in [3.63, 3.8) is 0 Å². The molecule has 0 saturated heterocycles. The van der Waals surface area contributed by atoms with Gasteiger partial charge in [-0.1, -0.05) is 6.07 Å². The molecule has 0 unspecified atom stereocenters. The fourth-order valence-corrected chi connectivity index (χ4v) is 2.24. The molecule has 1 aromatic carbocycles. The standard InChI is InChI=1S/C11H10BrNO/c1-7-6-9(12)11(14-2)10-8(7)4-3-5-13-10/h3-6H,1-2H3. The van der Waals surface area contributed by atoms with Gasteiger partial charge in [-0.05, 0) is 40.5 Å². The van der Waals surface area contributed by atoms with Crippen molar-refractivity contribution < 1.29 is 4.74 Å². The molecule has 0 amide bonds. The first-order chi connectivity index (χ1) is 6.74. The topological polar surface area (TPSA) is 22.1 Å². The maximum atomic E-state index is 5.30. The summed E-state index contributed by atoms with van der Waals surface area (Å²) in [7, 11) is 1.66. The second-order valence-corrected chi connectivity index (χ2v) is 3.96. The molecule has 0 aliphatic rings. The average molecular weight is 252 g/mol. The van der Waals surface area contributed by atoms with Gasteiger partial charge in [-0.25, -0.2) is 0 Å². The first kappa shape index (κ1) is 9.46. The van der Waals surface area contributed by atoms with Crippen molar-refractivity contribution in [2.24, 2.45) is 0 Å². The number of fused-ring (bicyclic) bond motifs is 1. The van der Waals surface area contributed by atoms with Gasteiger partial charge in [0.05, 0.1) is 11.6 Å². The highest BCUT2D eigenvalue weighted by Crippen LogP contribution is 2.34. The lowest BCUT2D eigenvalue weighted by molar-refractivity contribution is 0.416. The lowest BCUT2D eigenvalue weighted by Gasteiger charge is -2.08. The van der Waals surface area contributed by atoms with Crippen molar-refractivity contribution in [1.29, 1.82) is 0 Å². The SMILES string of the molecule is COc1c(Br)cc(C)c2cccnc12. The Kier molecular flexibility index (Phi) is 2.42. The summed E-state index contributed by atoms with van der Waals surface area (Å²) in [6.07, 6.45) is 1.77. The van der Waals surface area contributed by atoms with E-state index in [4.69, 9.17) is 4.74 Å². The molecule has 0 aliphatic carbocycles. The third kappa shape index (κ3) is 1.38. The van der Waals surface area contributed by atoms with E-state index in [1.807, 2.05) is 18.2 Å². The molecule has 2 nitrogen and oxygen atoms in total. The molecule has 0 saturated carbocycles. The van der Waals surface area contributed by atoms with Crippen molar-refractivity contribution in [2.45, 2.75) is 6.92 Å². The summed E-state index contributed by atoms with van der Waals surface area (Å²) in [4.78, 5) is 4.32. The summed E-state index contributed by atoms with van der Waals surface area (Å²) in [5.74, 6) is 0.797. The summed E-state index contributed by atoms with van der Waals surface area (Å²) in [5, 5.41) is 1.13. The Bertz CT molecular complexity index is 482. The van der Waals surface area contributed by atoms with Crippen LogP contribution in [0.3, 0.4) is 0 Å². The van der Waals surface area contributed by atoms with E-state index in [-0.39, 0.29) is 0 Å². The first-order valence-corrected chi connectivity index (χ1v) is 5.11. The maximum Gasteiger partial charge on any atom is 0.159 e. The van der Waals surface area contributed by atoms with Crippen LogP contribution in [-0.2, 0) is 0 Å². The number of rotatable bonds is 1.